The molecule has 1 heterocycles. The van der Waals surface area contributed by atoms with Crippen molar-refractivity contribution in [3.63, 3.8) is 0 Å². The van der Waals surface area contributed by atoms with Gasteiger partial charge in [0.05, 0.1) is 27.8 Å². The lowest BCUT2D eigenvalue weighted by Crippen LogP contribution is -2.15. The van der Waals surface area contributed by atoms with Crippen molar-refractivity contribution >= 4 is 38.9 Å². The van der Waals surface area contributed by atoms with Crippen molar-refractivity contribution in [2.24, 2.45) is 0 Å². The molecule has 0 fully saturated rings. The van der Waals surface area contributed by atoms with E-state index in [2.05, 4.69) is 9.82 Å². The summed E-state index contributed by atoms with van der Waals surface area (Å²) in [6.45, 7) is 5.28. The second kappa shape index (κ2) is 6.95. The van der Waals surface area contributed by atoms with Gasteiger partial charge in [0, 0.05) is 5.02 Å². The average molecular weight is 410 g/mol. The van der Waals surface area contributed by atoms with E-state index in [-0.39, 0.29) is 9.92 Å². The molecule has 5 nitrogen and oxygen atoms in total. The van der Waals surface area contributed by atoms with Gasteiger partial charge < -0.3 is 0 Å². The Morgan fingerprint density at radius 2 is 1.65 bits per heavy atom. The number of hydrogen-bond donors (Lipinski definition) is 1. The molecule has 0 saturated carbocycles. The number of nitrogens with zero attached hydrogens (tertiary/aromatic N) is 2. The standard InChI is InChI=1S/C18H17Cl2N3O2S/c1-11-9-17(16(20)10-15(11)19)26(24,25)22-18-12(2)21-23(13(18)3)14-7-5-4-6-8-14/h4-10,22H,1-3H3. The zero-order chi connectivity index (χ0) is 19.1. The molecule has 26 heavy (non-hydrogen) atoms. The molecule has 0 unspecified atom stereocenters. The van der Waals surface area contributed by atoms with Gasteiger partial charge in [-0.3, -0.25) is 4.72 Å². The molecular weight excluding hydrogens is 393 g/mol. The fourth-order valence-electron chi connectivity index (χ4n) is 2.64. The Kier molecular flexibility index (Phi) is 5.01. The molecule has 0 aliphatic carbocycles. The van der Waals surface area contributed by atoms with Gasteiger partial charge in [-0.25, -0.2) is 13.1 Å². The van der Waals surface area contributed by atoms with Crippen LogP contribution in [0.1, 0.15) is 17.0 Å². The molecule has 0 atom stereocenters. The lowest BCUT2D eigenvalue weighted by molar-refractivity contribution is 0.601. The molecular formula is C18H17Cl2N3O2S. The van der Waals surface area contributed by atoms with Crippen molar-refractivity contribution in [2.45, 2.75) is 25.7 Å². The van der Waals surface area contributed by atoms with E-state index in [4.69, 9.17) is 23.2 Å². The summed E-state index contributed by atoms with van der Waals surface area (Å²) in [6, 6.07) is 12.4. The van der Waals surface area contributed by atoms with Crippen LogP contribution in [0.25, 0.3) is 5.69 Å². The lowest BCUT2D eigenvalue weighted by Gasteiger charge is -2.12. The molecule has 3 rings (SSSR count). The number of aromatic nitrogens is 2. The fourth-order valence-corrected chi connectivity index (χ4v) is 4.65. The highest BCUT2D eigenvalue weighted by Gasteiger charge is 2.23. The van der Waals surface area contributed by atoms with Crippen molar-refractivity contribution in [2.75, 3.05) is 4.72 Å². The maximum atomic E-state index is 12.9. The number of rotatable bonds is 4. The molecule has 1 N–H and O–H groups in total. The van der Waals surface area contributed by atoms with E-state index in [1.54, 1.807) is 25.5 Å². The molecule has 3 aromatic rings. The summed E-state index contributed by atoms with van der Waals surface area (Å²) < 4.78 is 30.0. The highest BCUT2D eigenvalue weighted by atomic mass is 35.5. The third kappa shape index (κ3) is 3.45. The summed E-state index contributed by atoms with van der Waals surface area (Å²) in [5, 5.41) is 4.93. The van der Waals surface area contributed by atoms with Crippen molar-refractivity contribution in [1.29, 1.82) is 0 Å². The maximum absolute atomic E-state index is 12.9. The van der Waals surface area contributed by atoms with Crippen LogP contribution in [0.2, 0.25) is 10.0 Å². The van der Waals surface area contributed by atoms with E-state index in [1.165, 1.54) is 12.1 Å². The van der Waals surface area contributed by atoms with E-state index >= 15 is 0 Å². The molecule has 0 bridgehead atoms. The molecule has 0 aliphatic rings. The number of nitrogens with one attached hydrogen (secondary N) is 1. The third-order valence-electron chi connectivity index (χ3n) is 4.03. The fraction of sp³-hybridized carbons (Fsp3) is 0.167. The van der Waals surface area contributed by atoms with Gasteiger partial charge in [0.1, 0.15) is 4.90 Å². The Hall–Kier alpha value is -2.02. The Bertz CT molecular complexity index is 1080. The van der Waals surface area contributed by atoms with E-state index in [0.29, 0.717) is 27.7 Å². The van der Waals surface area contributed by atoms with Crippen LogP contribution >= 0.6 is 23.2 Å². The highest BCUT2D eigenvalue weighted by Crippen LogP contribution is 2.31. The predicted octanol–water partition coefficient (Wildman–Crippen LogP) is 4.91. The first-order valence-electron chi connectivity index (χ1n) is 7.81. The average Bonchev–Trinajstić information content (AvgIpc) is 2.86. The smallest absolute Gasteiger partial charge is 0.263 e. The van der Waals surface area contributed by atoms with Crippen LogP contribution in [0.3, 0.4) is 0 Å². The minimum absolute atomic E-state index is 0.0210. The van der Waals surface area contributed by atoms with Crippen LogP contribution in [0, 0.1) is 20.8 Å². The molecule has 2 aromatic carbocycles. The molecule has 136 valence electrons. The number of benzene rings is 2. The van der Waals surface area contributed by atoms with Gasteiger partial charge in [0.15, 0.2) is 0 Å². The highest BCUT2D eigenvalue weighted by molar-refractivity contribution is 7.92. The van der Waals surface area contributed by atoms with E-state index < -0.39 is 10.0 Å². The zero-order valence-corrected chi connectivity index (χ0v) is 16.7. The number of sulfonamides is 1. The van der Waals surface area contributed by atoms with Crippen LogP contribution in [-0.4, -0.2) is 18.2 Å². The lowest BCUT2D eigenvalue weighted by atomic mass is 10.2. The summed E-state index contributed by atoms with van der Waals surface area (Å²) >= 11 is 12.1. The molecule has 0 spiro atoms. The van der Waals surface area contributed by atoms with Gasteiger partial charge in [-0.15, -0.1) is 0 Å². The van der Waals surface area contributed by atoms with Crippen LogP contribution in [0.15, 0.2) is 47.4 Å². The summed E-state index contributed by atoms with van der Waals surface area (Å²) in [4.78, 5) is -0.0210. The molecule has 0 amide bonds. The first-order valence-corrected chi connectivity index (χ1v) is 10.0. The van der Waals surface area contributed by atoms with Crippen molar-refractivity contribution in [3.05, 3.63) is 69.5 Å². The minimum Gasteiger partial charge on any atom is -0.276 e. The van der Waals surface area contributed by atoms with Gasteiger partial charge in [0.2, 0.25) is 0 Å². The Morgan fingerprint density at radius 1 is 1.00 bits per heavy atom. The van der Waals surface area contributed by atoms with E-state index in [0.717, 1.165) is 5.69 Å². The normalized spacial score (nSPS) is 11.6. The Balaban J connectivity index is 2.04. The van der Waals surface area contributed by atoms with Gasteiger partial charge in [0.25, 0.3) is 10.0 Å². The van der Waals surface area contributed by atoms with Gasteiger partial charge in [-0.2, -0.15) is 5.10 Å². The number of aryl methyl sites for hydroxylation is 2. The van der Waals surface area contributed by atoms with Crippen molar-refractivity contribution in [3.8, 4) is 5.69 Å². The van der Waals surface area contributed by atoms with Gasteiger partial charge in [-0.1, -0.05) is 41.4 Å². The number of hydrogen-bond acceptors (Lipinski definition) is 3. The first-order chi connectivity index (χ1) is 12.2. The van der Waals surface area contributed by atoms with Crippen LogP contribution in [0.4, 0.5) is 5.69 Å². The molecule has 0 saturated heterocycles. The van der Waals surface area contributed by atoms with Crippen LogP contribution in [0.5, 0.6) is 0 Å². The van der Waals surface area contributed by atoms with E-state index in [1.807, 2.05) is 30.3 Å². The topological polar surface area (TPSA) is 64.0 Å². The SMILES string of the molecule is Cc1cc(S(=O)(=O)Nc2c(C)nn(-c3ccccc3)c2C)c(Cl)cc1Cl. The summed E-state index contributed by atoms with van der Waals surface area (Å²) in [6.07, 6.45) is 0. The Morgan fingerprint density at radius 3 is 2.31 bits per heavy atom. The second-order valence-corrected chi connectivity index (χ2v) is 8.40. The molecule has 8 heteroatoms. The summed E-state index contributed by atoms with van der Waals surface area (Å²) in [5.41, 5.74) is 3.15. The van der Waals surface area contributed by atoms with Crippen LogP contribution in [-0.2, 0) is 10.0 Å². The quantitative estimate of drug-likeness (QED) is 0.665. The number of para-hydroxylation sites is 1. The van der Waals surface area contributed by atoms with Crippen molar-refractivity contribution in [1.82, 2.24) is 9.78 Å². The minimum atomic E-state index is -3.89. The molecule has 0 radical (unpaired) electrons. The predicted molar refractivity (Wildman–Crippen MR) is 105 cm³/mol. The largest absolute Gasteiger partial charge is 0.276 e. The van der Waals surface area contributed by atoms with Crippen LogP contribution < -0.4 is 4.72 Å². The maximum Gasteiger partial charge on any atom is 0.263 e. The first kappa shape index (κ1) is 18.8. The number of halogens is 2. The summed E-state index contributed by atoms with van der Waals surface area (Å²) in [7, 11) is -3.89. The third-order valence-corrected chi connectivity index (χ3v) is 6.25. The number of anilines is 1. The summed E-state index contributed by atoms with van der Waals surface area (Å²) in [5.74, 6) is 0. The molecule has 0 aliphatic heterocycles. The Labute approximate surface area is 162 Å². The van der Waals surface area contributed by atoms with Crippen molar-refractivity contribution < 1.29 is 8.42 Å². The monoisotopic (exact) mass is 409 g/mol. The van der Waals surface area contributed by atoms with Gasteiger partial charge in [-0.05, 0) is 50.6 Å². The second-order valence-electron chi connectivity index (χ2n) is 5.93. The van der Waals surface area contributed by atoms with E-state index in [9.17, 15) is 8.42 Å². The zero-order valence-electron chi connectivity index (χ0n) is 14.4. The molecule has 1 aromatic heterocycles. The van der Waals surface area contributed by atoms with Gasteiger partial charge >= 0.3 is 0 Å².